The first kappa shape index (κ1) is 13.6. The van der Waals surface area contributed by atoms with Crippen molar-refractivity contribution < 1.29 is 4.79 Å². The molecule has 0 saturated heterocycles. The molecule has 0 radical (unpaired) electrons. The summed E-state index contributed by atoms with van der Waals surface area (Å²) in [6.07, 6.45) is 0. The van der Waals surface area contributed by atoms with Crippen LogP contribution in [0, 0.1) is 38.1 Å². The Hall–Kier alpha value is -2.51. The van der Waals surface area contributed by atoms with Crippen LogP contribution in [0.5, 0.6) is 0 Å². The molecular formula is C17H15O+. The SMILES string of the molecule is Cc1c#cc#cc(C)cccc(=[OH+])ccccc1. The van der Waals surface area contributed by atoms with E-state index in [1.807, 2.05) is 38.1 Å². The zero-order valence-corrected chi connectivity index (χ0v) is 10.6. The molecule has 0 heterocycles. The lowest BCUT2D eigenvalue weighted by Gasteiger charge is -1.72. The highest BCUT2D eigenvalue weighted by Crippen LogP contribution is 1.84. The fourth-order valence-corrected chi connectivity index (χ4v) is 1.11. The molecule has 18 heavy (non-hydrogen) atoms. The first-order valence-electron chi connectivity index (χ1n) is 5.63. The second-order valence-electron chi connectivity index (χ2n) is 3.73. The molecule has 0 aliphatic heterocycles. The predicted molar refractivity (Wildman–Crippen MR) is 71.6 cm³/mol. The number of rotatable bonds is 0. The Bertz CT molecular complexity index is 559. The van der Waals surface area contributed by atoms with Crippen molar-refractivity contribution in [2.45, 2.75) is 13.8 Å². The summed E-state index contributed by atoms with van der Waals surface area (Å²) >= 11 is 0. The number of hydrogen-bond acceptors (Lipinski definition) is 0. The fraction of sp³-hybridized carbons (Fsp3) is 0.118. The van der Waals surface area contributed by atoms with Crippen LogP contribution in [-0.4, -0.2) is 4.79 Å². The van der Waals surface area contributed by atoms with Gasteiger partial charge in [0.1, 0.15) is 0 Å². The molecule has 1 aromatic rings. The molecule has 0 atom stereocenters. The molecular weight excluding hydrogens is 220 g/mol. The van der Waals surface area contributed by atoms with E-state index in [9.17, 15) is 4.79 Å². The van der Waals surface area contributed by atoms with Crippen molar-refractivity contribution >= 4 is 0 Å². The molecule has 0 saturated carbocycles. The second-order valence-corrected chi connectivity index (χ2v) is 3.73. The number of aryl methyl sites for hydroxylation is 2. The van der Waals surface area contributed by atoms with Gasteiger partial charge >= 0.3 is 5.43 Å². The standard InChI is InChI=1S/C17H14O/c1-15-9-4-3-5-13-17(18)14-8-12-16(2)11-7-6-10-15/h3-5,8-9,12-14H,1-2H3/p+1. The highest BCUT2D eigenvalue weighted by Gasteiger charge is 1.77. The summed E-state index contributed by atoms with van der Waals surface area (Å²) in [5, 5.41) is 0. The van der Waals surface area contributed by atoms with Gasteiger partial charge in [-0.05, 0) is 37.1 Å². The summed E-state index contributed by atoms with van der Waals surface area (Å²) in [7, 11) is 0. The zero-order valence-electron chi connectivity index (χ0n) is 10.6. The van der Waals surface area contributed by atoms with Crippen LogP contribution in [0.25, 0.3) is 0 Å². The first-order valence-corrected chi connectivity index (χ1v) is 5.63. The van der Waals surface area contributed by atoms with E-state index < -0.39 is 0 Å². The van der Waals surface area contributed by atoms with Gasteiger partial charge in [0.15, 0.2) is 0 Å². The summed E-state index contributed by atoms with van der Waals surface area (Å²) in [5.41, 5.74) is 2.03. The van der Waals surface area contributed by atoms with Crippen molar-refractivity contribution in [2.24, 2.45) is 0 Å². The second kappa shape index (κ2) is 7.71. The maximum absolute atomic E-state index is 9.52. The van der Waals surface area contributed by atoms with Crippen LogP contribution in [0.4, 0.5) is 0 Å². The van der Waals surface area contributed by atoms with Gasteiger partial charge in [0.05, 0.1) is 0 Å². The van der Waals surface area contributed by atoms with E-state index in [4.69, 9.17) is 0 Å². The normalized spacial score (nSPS) is 7.89. The van der Waals surface area contributed by atoms with E-state index >= 15 is 0 Å². The highest BCUT2D eigenvalue weighted by molar-refractivity contribution is 5.04. The molecule has 1 aromatic carbocycles. The van der Waals surface area contributed by atoms with E-state index in [2.05, 4.69) is 24.3 Å². The van der Waals surface area contributed by atoms with Gasteiger partial charge in [0.25, 0.3) is 0 Å². The third-order valence-corrected chi connectivity index (χ3v) is 2.03. The monoisotopic (exact) mass is 235 g/mol. The molecule has 0 fully saturated rings. The quantitative estimate of drug-likeness (QED) is 0.617. The van der Waals surface area contributed by atoms with E-state index in [1.165, 1.54) is 0 Å². The Balaban J connectivity index is 3.37. The Morgan fingerprint density at radius 1 is 0.722 bits per heavy atom. The van der Waals surface area contributed by atoms with Gasteiger partial charge in [-0.1, -0.05) is 48.5 Å². The Morgan fingerprint density at radius 3 is 1.89 bits per heavy atom. The average Bonchev–Trinajstić information content (AvgIpc) is 2.34. The zero-order chi connectivity index (χ0) is 13.2. The minimum Gasteiger partial charge on any atom is -0.274 e. The fourth-order valence-electron chi connectivity index (χ4n) is 1.11. The Labute approximate surface area is 108 Å². The predicted octanol–water partition coefficient (Wildman–Crippen LogP) is 2.76. The number of hydrogen-bond donors (Lipinski definition) is 0. The molecule has 1 heteroatoms. The molecule has 0 aromatic heterocycles. The Morgan fingerprint density at radius 2 is 1.22 bits per heavy atom. The van der Waals surface area contributed by atoms with Gasteiger partial charge in [-0.2, -0.15) is 0 Å². The molecule has 88 valence electrons. The topological polar surface area (TPSA) is 21.4 Å². The van der Waals surface area contributed by atoms with Crippen LogP contribution >= 0.6 is 0 Å². The highest BCUT2D eigenvalue weighted by atomic mass is 16.1. The van der Waals surface area contributed by atoms with Gasteiger partial charge in [-0.25, -0.2) is 0 Å². The van der Waals surface area contributed by atoms with Crippen molar-refractivity contribution in [3.8, 4) is 0 Å². The molecule has 1 N–H and O–H groups in total. The van der Waals surface area contributed by atoms with Crippen LogP contribution in [0.1, 0.15) is 11.1 Å². The van der Waals surface area contributed by atoms with Crippen molar-refractivity contribution in [2.75, 3.05) is 0 Å². The first-order chi connectivity index (χ1) is 8.68. The lowest BCUT2D eigenvalue weighted by molar-refractivity contribution is 0.577. The average molecular weight is 235 g/mol. The largest absolute Gasteiger partial charge is 0.340 e. The molecule has 0 amide bonds. The summed E-state index contributed by atoms with van der Waals surface area (Å²) in [5.74, 6) is 0. The summed E-state index contributed by atoms with van der Waals surface area (Å²) in [4.78, 5) is 9.52. The van der Waals surface area contributed by atoms with Gasteiger partial charge < -0.3 is 0 Å². The van der Waals surface area contributed by atoms with Crippen molar-refractivity contribution in [1.29, 1.82) is 0 Å². The van der Waals surface area contributed by atoms with Crippen LogP contribution in [0.3, 0.4) is 0 Å². The molecule has 1 rings (SSSR count). The molecule has 1 nitrogen and oxygen atoms in total. The summed E-state index contributed by atoms with van der Waals surface area (Å²) in [6.45, 7) is 3.82. The molecule has 0 unspecified atom stereocenters. The van der Waals surface area contributed by atoms with Gasteiger partial charge in [0, 0.05) is 12.1 Å². The summed E-state index contributed by atoms with van der Waals surface area (Å²) < 4.78 is 0. The minimum atomic E-state index is 0.198. The van der Waals surface area contributed by atoms with Crippen molar-refractivity contribution in [3.05, 3.63) is 89.4 Å². The van der Waals surface area contributed by atoms with Crippen LogP contribution in [0.15, 0.2) is 48.5 Å². The third kappa shape index (κ3) is 6.16. The molecule has 0 aliphatic rings. The van der Waals surface area contributed by atoms with Gasteiger partial charge in [-0.3, -0.25) is 4.79 Å². The van der Waals surface area contributed by atoms with Gasteiger partial charge in [-0.15, -0.1) is 0 Å². The maximum Gasteiger partial charge on any atom is 0.340 e. The molecule has 0 bridgehead atoms. The van der Waals surface area contributed by atoms with E-state index in [1.54, 1.807) is 24.3 Å². The summed E-state index contributed by atoms with van der Waals surface area (Å²) in [6, 6.07) is 25.6. The third-order valence-electron chi connectivity index (χ3n) is 2.03. The maximum atomic E-state index is 9.52. The smallest absolute Gasteiger partial charge is 0.274 e. The Kier molecular flexibility index (Phi) is 5.81. The molecule has 0 spiro atoms. The van der Waals surface area contributed by atoms with E-state index in [-0.39, 0.29) is 5.43 Å². The van der Waals surface area contributed by atoms with Crippen LogP contribution in [0.2, 0.25) is 0 Å². The van der Waals surface area contributed by atoms with Crippen LogP contribution < -0.4 is 5.43 Å². The van der Waals surface area contributed by atoms with E-state index in [0.717, 1.165) is 11.1 Å². The van der Waals surface area contributed by atoms with Crippen molar-refractivity contribution in [3.63, 3.8) is 0 Å². The lowest BCUT2D eigenvalue weighted by Crippen LogP contribution is -1.92. The van der Waals surface area contributed by atoms with Crippen molar-refractivity contribution in [1.82, 2.24) is 0 Å². The van der Waals surface area contributed by atoms with Gasteiger partial charge in [0.2, 0.25) is 0 Å². The van der Waals surface area contributed by atoms with E-state index in [0.29, 0.717) is 0 Å². The lowest BCUT2D eigenvalue weighted by atomic mass is 10.3. The van der Waals surface area contributed by atoms with Crippen LogP contribution in [-0.2, 0) is 0 Å². The molecule has 0 aliphatic carbocycles. The minimum absolute atomic E-state index is 0.198.